The van der Waals surface area contributed by atoms with E-state index in [2.05, 4.69) is 51.8 Å². The van der Waals surface area contributed by atoms with Crippen LogP contribution in [0, 0.1) is 0 Å². The van der Waals surface area contributed by atoms with Crippen LogP contribution in [-0.4, -0.2) is 49.3 Å². The van der Waals surface area contributed by atoms with Crippen molar-refractivity contribution in [1.82, 2.24) is 10.2 Å². The van der Waals surface area contributed by atoms with Crippen LogP contribution in [0.25, 0.3) is 0 Å². The lowest BCUT2D eigenvalue weighted by atomic mass is 10.2. The van der Waals surface area contributed by atoms with E-state index in [4.69, 9.17) is 4.74 Å². The SMILES string of the molecule is CC(C)NCCCCCCOCCN(C(C)C)C(C)C. The monoisotopic (exact) mass is 286 g/mol. The summed E-state index contributed by atoms with van der Waals surface area (Å²) in [7, 11) is 0. The Morgan fingerprint density at radius 2 is 1.40 bits per heavy atom. The zero-order valence-electron chi connectivity index (χ0n) is 14.7. The molecule has 1 N–H and O–H groups in total. The number of rotatable bonds is 13. The third kappa shape index (κ3) is 11.7. The van der Waals surface area contributed by atoms with Crippen LogP contribution in [0.2, 0.25) is 0 Å². The zero-order valence-corrected chi connectivity index (χ0v) is 14.7. The average Bonchev–Trinajstić information content (AvgIpc) is 2.34. The fraction of sp³-hybridized carbons (Fsp3) is 1.00. The maximum atomic E-state index is 5.75. The van der Waals surface area contributed by atoms with Crippen molar-refractivity contribution >= 4 is 0 Å². The van der Waals surface area contributed by atoms with Gasteiger partial charge in [-0.1, -0.05) is 26.7 Å². The molecule has 0 unspecified atom stereocenters. The molecule has 0 rings (SSSR count). The van der Waals surface area contributed by atoms with Crippen molar-refractivity contribution in [3.63, 3.8) is 0 Å². The predicted molar refractivity (Wildman–Crippen MR) is 89.4 cm³/mol. The Bertz CT molecular complexity index is 197. The van der Waals surface area contributed by atoms with Gasteiger partial charge in [-0.25, -0.2) is 0 Å². The molecule has 0 amide bonds. The van der Waals surface area contributed by atoms with Crippen LogP contribution in [0.1, 0.15) is 67.2 Å². The Hall–Kier alpha value is -0.120. The highest BCUT2D eigenvalue weighted by Crippen LogP contribution is 2.04. The Morgan fingerprint density at radius 1 is 0.800 bits per heavy atom. The maximum absolute atomic E-state index is 5.75. The minimum absolute atomic E-state index is 0.604. The van der Waals surface area contributed by atoms with Gasteiger partial charge in [0, 0.05) is 31.3 Å². The average molecular weight is 287 g/mol. The standard InChI is InChI=1S/C17H38N2O/c1-15(2)18-11-9-7-8-10-13-20-14-12-19(16(3)4)17(5)6/h15-18H,7-14H2,1-6H3. The van der Waals surface area contributed by atoms with Gasteiger partial charge in [-0.15, -0.1) is 0 Å². The van der Waals surface area contributed by atoms with Gasteiger partial charge >= 0.3 is 0 Å². The molecule has 0 aliphatic rings. The number of nitrogens with zero attached hydrogens (tertiary/aromatic N) is 1. The molecule has 0 radical (unpaired) electrons. The van der Waals surface area contributed by atoms with Gasteiger partial charge in [0.05, 0.1) is 6.61 Å². The van der Waals surface area contributed by atoms with Crippen LogP contribution in [0.5, 0.6) is 0 Å². The van der Waals surface area contributed by atoms with E-state index in [1.54, 1.807) is 0 Å². The molecule has 20 heavy (non-hydrogen) atoms. The van der Waals surface area contributed by atoms with Crippen molar-refractivity contribution in [2.75, 3.05) is 26.3 Å². The Morgan fingerprint density at radius 3 is 1.95 bits per heavy atom. The number of nitrogens with one attached hydrogen (secondary N) is 1. The first-order valence-corrected chi connectivity index (χ1v) is 8.52. The highest BCUT2D eigenvalue weighted by atomic mass is 16.5. The van der Waals surface area contributed by atoms with Crippen LogP contribution in [0.4, 0.5) is 0 Å². The minimum Gasteiger partial charge on any atom is -0.380 e. The van der Waals surface area contributed by atoms with E-state index >= 15 is 0 Å². The van der Waals surface area contributed by atoms with Gasteiger partial charge < -0.3 is 10.1 Å². The molecule has 3 nitrogen and oxygen atoms in total. The maximum Gasteiger partial charge on any atom is 0.0593 e. The molecule has 0 aliphatic carbocycles. The van der Waals surface area contributed by atoms with Crippen molar-refractivity contribution in [3.8, 4) is 0 Å². The first-order valence-electron chi connectivity index (χ1n) is 8.52. The predicted octanol–water partition coefficient (Wildman–Crippen LogP) is 3.68. The smallest absolute Gasteiger partial charge is 0.0593 e. The normalized spacial score (nSPS) is 12.3. The number of hydrogen-bond donors (Lipinski definition) is 1. The van der Waals surface area contributed by atoms with Crippen molar-refractivity contribution in [3.05, 3.63) is 0 Å². The summed E-state index contributed by atoms with van der Waals surface area (Å²) in [4.78, 5) is 2.48. The fourth-order valence-corrected chi connectivity index (χ4v) is 2.46. The minimum atomic E-state index is 0.604. The lowest BCUT2D eigenvalue weighted by Crippen LogP contribution is -2.39. The fourth-order valence-electron chi connectivity index (χ4n) is 2.46. The summed E-state index contributed by atoms with van der Waals surface area (Å²) in [6.45, 7) is 17.4. The third-order valence-corrected chi connectivity index (χ3v) is 3.59. The highest BCUT2D eigenvalue weighted by Gasteiger charge is 2.12. The van der Waals surface area contributed by atoms with Crippen LogP contribution in [0.3, 0.4) is 0 Å². The van der Waals surface area contributed by atoms with Gasteiger partial charge in [0.2, 0.25) is 0 Å². The van der Waals surface area contributed by atoms with Crippen molar-refractivity contribution in [2.45, 2.75) is 85.4 Å². The number of hydrogen-bond acceptors (Lipinski definition) is 3. The molecule has 0 fully saturated rings. The molecule has 0 heterocycles. The Kier molecular flexibility index (Phi) is 12.5. The lowest BCUT2D eigenvalue weighted by Gasteiger charge is -2.30. The lowest BCUT2D eigenvalue weighted by molar-refractivity contribution is 0.0764. The molecule has 0 aromatic rings. The second-order valence-electron chi connectivity index (χ2n) is 6.56. The van der Waals surface area contributed by atoms with E-state index in [9.17, 15) is 0 Å². The molecule has 0 aliphatic heterocycles. The van der Waals surface area contributed by atoms with Gasteiger partial charge in [0.15, 0.2) is 0 Å². The largest absolute Gasteiger partial charge is 0.380 e. The van der Waals surface area contributed by atoms with Crippen molar-refractivity contribution in [1.29, 1.82) is 0 Å². The van der Waals surface area contributed by atoms with E-state index in [-0.39, 0.29) is 0 Å². The molecule has 122 valence electrons. The topological polar surface area (TPSA) is 24.5 Å². The summed E-state index contributed by atoms with van der Waals surface area (Å²) < 4.78 is 5.75. The van der Waals surface area contributed by atoms with Crippen molar-refractivity contribution < 1.29 is 4.74 Å². The molecule has 0 aromatic heterocycles. The summed E-state index contributed by atoms with van der Waals surface area (Å²) in [6, 6.07) is 1.82. The van der Waals surface area contributed by atoms with Gasteiger partial charge in [-0.05, 0) is 47.1 Å². The second-order valence-corrected chi connectivity index (χ2v) is 6.56. The molecule has 0 spiro atoms. The van der Waals surface area contributed by atoms with Crippen LogP contribution in [-0.2, 0) is 4.74 Å². The summed E-state index contributed by atoms with van der Waals surface area (Å²) in [5.41, 5.74) is 0. The van der Waals surface area contributed by atoms with Gasteiger partial charge in [0.25, 0.3) is 0 Å². The molecule has 0 atom stereocenters. The van der Waals surface area contributed by atoms with Crippen LogP contribution < -0.4 is 5.32 Å². The van der Waals surface area contributed by atoms with E-state index in [0.717, 1.165) is 26.3 Å². The van der Waals surface area contributed by atoms with E-state index in [0.29, 0.717) is 18.1 Å². The van der Waals surface area contributed by atoms with E-state index in [1.807, 2.05) is 0 Å². The highest BCUT2D eigenvalue weighted by molar-refractivity contribution is 4.66. The molecule has 3 heteroatoms. The molecule has 0 bridgehead atoms. The molecular formula is C17H38N2O. The van der Waals surface area contributed by atoms with Crippen LogP contribution in [0.15, 0.2) is 0 Å². The van der Waals surface area contributed by atoms with Gasteiger partial charge in [-0.2, -0.15) is 0 Å². The summed E-state index contributed by atoms with van der Waals surface area (Å²) in [5, 5.41) is 3.45. The Balaban J connectivity index is 3.32. The molecule has 0 saturated carbocycles. The van der Waals surface area contributed by atoms with Crippen molar-refractivity contribution in [2.24, 2.45) is 0 Å². The van der Waals surface area contributed by atoms with Crippen LogP contribution >= 0.6 is 0 Å². The van der Waals surface area contributed by atoms with Gasteiger partial charge in [0.1, 0.15) is 0 Å². The second kappa shape index (κ2) is 12.6. The van der Waals surface area contributed by atoms with Gasteiger partial charge in [-0.3, -0.25) is 4.90 Å². The summed E-state index contributed by atoms with van der Waals surface area (Å²) in [5.74, 6) is 0. The molecule has 0 saturated heterocycles. The van der Waals surface area contributed by atoms with E-state index < -0.39 is 0 Å². The first kappa shape index (κ1) is 19.9. The quantitative estimate of drug-likeness (QED) is 0.523. The third-order valence-electron chi connectivity index (χ3n) is 3.59. The number of ether oxygens (including phenoxy) is 1. The zero-order chi connectivity index (χ0) is 15.4. The first-order chi connectivity index (χ1) is 9.45. The molecule has 0 aromatic carbocycles. The molecular weight excluding hydrogens is 248 g/mol. The Labute approximate surface area is 127 Å². The summed E-state index contributed by atoms with van der Waals surface area (Å²) in [6.07, 6.45) is 5.09. The summed E-state index contributed by atoms with van der Waals surface area (Å²) >= 11 is 0. The van der Waals surface area contributed by atoms with E-state index in [1.165, 1.54) is 25.7 Å². The number of unbranched alkanes of at least 4 members (excludes halogenated alkanes) is 3.